The molecule has 0 saturated carbocycles. The van der Waals surface area contributed by atoms with Gasteiger partial charge in [0.2, 0.25) is 0 Å². The number of benzene rings is 1. The minimum absolute atomic E-state index is 0.190. The molecule has 3 atom stereocenters. The highest BCUT2D eigenvalue weighted by molar-refractivity contribution is 7.85. The summed E-state index contributed by atoms with van der Waals surface area (Å²) in [6.07, 6.45) is 1.10. The third-order valence-corrected chi connectivity index (χ3v) is 4.96. The van der Waals surface area contributed by atoms with Gasteiger partial charge in [0.1, 0.15) is 0 Å². The van der Waals surface area contributed by atoms with Crippen LogP contribution in [0.4, 0.5) is 0 Å². The third kappa shape index (κ3) is 4.91. The van der Waals surface area contributed by atoms with E-state index in [2.05, 4.69) is 50.4 Å². The Balaban J connectivity index is 2.65. The van der Waals surface area contributed by atoms with Crippen molar-refractivity contribution in [1.82, 2.24) is 5.32 Å². The monoisotopic (exact) mass is 267 g/mol. The van der Waals surface area contributed by atoms with Crippen LogP contribution < -0.4 is 5.32 Å². The van der Waals surface area contributed by atoms with Gasteiger partial charge in [-0.15, -0.1) is 0 Å². The zero-order valence-corrected chi connectivity index (χ0v) is 12.7. The maximum Gasteiger partial charge on any atom is 0.0434 e. The molecule has 0 aliphatic rings. The van der Waals surface area contributed by atoms with Crippen LogP contribution in [0.25, 0.3) is 0 Å². The molecule has 0 spiro atoms. The van der Waals surface area contributed by atoms with E-state index in [1.54, 1.807) is 0 Å². The van der Waals surface area contributed by atoms with Gasteiger partial charge in [-0.25, -0.2) is 0 Å². The largest absolute Gasteiger partial charge is 0.312 e. The molecule has 0 radical (unpaired) electrons. The first-order chi connectivity index (χ1) is 8.56. The lowest BCUT2D eigenvalue weighted by Crippen LogP contribution is -2.24. The minimum Gasteiger partial charge on any atom is -0.312 e. The van der Waals surface area contributed by atoms with Crippen LogP contribution in [0.1, 0.15) is 37.4 Å². The molecule has 1 aromatic rings. The van der Waals surface area contributed by atoms with Crippen molar-refractivity contribution < 1.29 is 4.21 Å². The molecular formula is C15H25NOS. The van der Waals surface area contributed by atoms with E-state index < -0.39 is 10.8 Å². The first-order valence-electron chi connectivity index (χ1n) is 6.65. The summed E-state index contributed by atoms with van der Waals surface area (Å²) in [7, 11) is 1.19. The molecule has 2 nitrogen and oxygen atoms in total. The van der Waals surface area contributed by atoms with Gasteiger partial charge in [0.15, 0.2) is 0 Å². The Kier molecular flexibility index (Phi) is 6.58. The molecule has 18 heavy (non-hydrogen) atoms. The van der Waals surface area contributed by atoms with Gasteiger partial charge in [-0.05, 0) is 25.5 Å². The van der Waals surface area contributed by atoms with Crippen LogP contribution in [0, 0.1) is 12.8 Å². The molecule has 1 rings (SSSR count). The zero-order chi connectivity index (χ0) is 13.5. The van der Waals surface area contributed by atoms with Crippen LogP contribution in [0.3, 0.4) is 0 Å². The summed E-state index contributed by atoms with van der Waals surface area (Å²) in [5, 5.41) is 3.27. The molecule has 0 saturated heterocycles. The Bertz CT molecular complexity index is 392. The molecule has 102 valence electrons. The molecule has 0 aromatic heterocycles. The molecule has 0 aliphatic carbocycles. The molecule has 3 heteroatoms. The average Bonchev–Trinajstić information content (AvgIpc) is 2.35. The lowest BCUT2D eigenvalue weighted by atomic mass is 10.1. The van der Waals surface area contributed by atoms with Crippen LogP contribution in [-0.4, -0.2) is 22.8 Å². The van der Waals surface area contributed by atoms with E-state index in [1.165, 1.54) is 11.1 Å². The number of hydrogen-bond donors (Lipinski definition) is 1. The van der Waals surface area contributed by atoms with Crippen molar-refractivity contribution >= 4 is 10.8 Å². The fourth-order valence-electron chi connectivity index (χ4n) is 1.92. The minimum atomic E-state index is -0.750. The van der Waals surface area contributed by atoms with E-state index in [4.69, 9.17) is 0 Å². The van der Waals surface area contributed by atoms with E-state index in [-0.39, 0.29) is 6.04 Å². The predicted molar refractivity (Wildman–Crippen MR) is 80.3 cm³/mol. The SMILES string of the molecule is CCC(C)CS(=O)CC(NC)c1cccc(C)c1. The van der Waals surface area contributed by atoms with Crippen molar-refractivity contribution in [2.45, 2.75) is 33.2 Å². The summed E-state index contributed by atoms with van der Waals surface area (Å²) >= 11 is 0. The van der Waals surface area contributed by atoms with Crippen LogP contribution in [-0.2, 0) is 10.8 Å². The maximum atomic E-state index is 12.1. The zero-order valence-electron chi connectivity index (χ0n) is 11.9. The van der Waals surface area contributed by atoms with Crippen molar-refractivity contribution in [2.24, 2.45) is 5.92 Å². The molecule has 1 aromatic carbocycles. The third-order valence-electron chi connectivity index (χ3n) is 3.31. The number of rotatable bonds is 7. The van der Waals surface area contributed by atoms with Crippen LogP contribution >= 0.6 is 0 Å². The predicted octanol–water partition coefficient (Wildman–Crippen LogP) is 3.05. The number of nitrogens with one attached hydrogen (secondary N) is 1. The van der Waals surface area contributed by atoms with Gasteiger partial charge in [0.25, 0.3) is 0 Å². The van der Waals surface area contributed by atoms with Crippen molar-refractivity contribution in [3.63, 3.8) is 0 Å². The van der Waals surface area contributed by atoms with Gasteiger partial charge < -0.3 is 5.32 Å². The van der Waals surface area contributed by atoms with Crippen molar-refractivity contribution in [2.75, 3.05) is 18.6 Å². The highest BCUT2D eigenvalue weighted by Gasteiger charge is 2.14. The fourth-order valence-corrected chi connectivity index (χ4v) is 3.66. The van der Waals surface area contributed by atoms with Gasteiger partial charge in [-0.3, -0.25) is 4.21 Å². The van der Waals surface area contributed by atoms with Crippen molar-refractivity contribution in [3.05, 3.63) is 35.4 Å². The Morgan fingerprint density at radius 3 is 2.61 bits per heavy atom. The van der Waals surface area contributed by atoms with E-state index >= 15 is 0 Å². The highest BCUT2D eigenvalue weighted by Crippen LogP contribution is 2.16. The van der Waals surface area contributed by atoms with E-state index in [9.17, 15) is 4.21 Å². The summed E-state index contributed by atoms with van der Waals surface area (Å²) in [5.41, 5.74) is 2.48. The van der Waals surface area contributed by atoms with E-state index in [0.717, 1.165) is 12.2 Å². The van der Waals surface area contributed by atoms with Crippen LogP contribution in [0.5, 0.6) is 0 Å². The second-order valence-corrected chi connectivity index (χ2v) is 6.59. The first kappa shape index (κ1) is 15.4. The highest BCUT2D eigenvalue weighted by atomic mass is 32.2. The summed E-state index contributed by atoms with van der Waals surface area (Å²) < 4.78 is 12.1. The summed E-state index contributed by atoms with van der Waals surface area (Å²) in [6.45, 7) is 6.41. The molecule has 0 bridgehead atoms. The molecule has 3 unspecified atom stereocenters. The Hall–Kier alpha value is -0.670. The molecule has 1 N–H and O–H groups in total. The quantitative estimate of drug-likeness (QED) is 0.822. The summed E-state index contributed by atoms with van der Waals surface area (Å²) in [5.74, 6) is 2.05. The summed E-state index contributed by atoms with van der Waals surface area (Å²) in [4.78, 5) is 0. The lowest BCUT2D eigenvalue weighted by molar-refractivity contribution is 0.602. The molecule has 0 aliphatic heterocycles. The molecule has 0 fully saturated rings. The Morgan fingerprint density at radius 2 is 2.06 bits per heavy atom. The smallest absolute Gasteiger partial charge is 0.0434 e. The van der Waals surface area contributed by atoms with Crippen LogP contribution in [0.2, 0.25) is 0 Å². The molecular weight excluding hydrogens is 242 g/mol. The first-order valence-corrected chi connectivity index (χ1v) is 8.14. The molecule has 0 heterocycles. The summed E-state index contributed by atoms with van der Waals surface area (Å²) in [6, 6.07) is 8.62. The van der Waals surface area contributed by atoms with E-state index in [1.807, 2.05) is 7.05 Å². The Morgan fingerprint density at radius 1 is 1.33 bits per heavy atom. The molecule has 0 amide bonds. The van der Waals surface area contributed by atoms with Gasteiger partial charge >= 0.3 is 0 Å². The standard InChI is InChI=1S/C15H25NOS/c1-5-12(2)10-18(17)11-15(16-4)14-8-6-7-13(3)9-14/h6-9,12,15-16H,5,10-11H2,1-4H3. The number of aryl methyl sites for hydroxylation is 1. The lowest BCUT2D eigenvalue weighted by Gasteiger charge is -2.18. The van der Waals surface area contributed by atoms with Gasteiger partial charge in [-0.1, -0.05) is 50.1 Å². The Labute approximate surface area is 114 Å². The maximum absolute atomic E-state index is 12.1. The van der Waals surface area contributed by atoms with Gasteiger partial charge in [-0.2, -0.15) is 0 Å². The van der Waals surface area contributed by atoms with E-state index in [0.29, 0.717) is 11.7 Å². The van der Waals surface area contributed by atoms with Gasteiger partial charge in [0.05, 0.1) is 0 Å². The second-order valence-electron chi connectivity index (χ2n) is 5.04. The van der Waals surface area contributed by atoms with Crippen molar-refractivity contribution in [3.8, 4) is 0 Å². The number of hydrogen-bond acceptors (Lipinski definition) is 2. The normalized spacial score (nSPS) is 16.2. The van der Waals surface area contributed by atoms with Gasteiger partial charge in [0, 0.05) is 28.3 Å². The second kappa shape index (κ2) is 7.70. The topological polar surface area (TPSA) is 29.1 Å². The fraction of sp³-hybridized carbons (Fsp3) is 0.600. The van der Waals surface area contributed by atoms with Crippen molar-refractivity contribution in [1.29, 1.82) is 0 Å². The van der Waals surface area contributed by atoms with Crippen LogP contribution in [0.15, 0.2) is 24.3 Å². The average molecular weight is 267 g/mol.